The number of hydrogen-bond donors (Lipinski definition) is 3. The van der Waals surface area contributed by atoms with Crippen LogP contribution in [0.1, 0.15) is 31.2 Å². The topological polar surface area (TPSA) is 98.3 Å². The van der Waals surface area contributed by atoms with Crippen LogP contribution in [-0.2, 0) is 11.3 Å². The van der Waals surface area contributed by atoms with Gasteiger partial charge in [0.1, 0.15) is 0 Å². The number of benzene rings is 1. The minimum atomic E-state index is -0.914. The molecule has 2 aromatic rings. The quantitative estimate of drug-likeness (QED) is 0.523. The van der Waals surface area contributed by atoms with Gasteiger partial charge in [-0.15, -0.1) is 12.4 Å². The SMILES string of the molecule is CNc1nc(NC2CCCC(C(=O)NCc3ccc(F)c(F)c3)C2)nc(N2CCN(C)CC2)n1.Cl. The van der Waals surface area contributed by atoms with Gasteiger partial charge in [-0.05, 0) is 44.0 Å². The molecule has 1 saturated carbocycles. The van der Waals surface area contributed by atoms with E-state index < -0.39 is 11.6 Å². The van der Waals surface area contributed by atoms with Gasteiger partial charge in [0.25, 0.3) is 0 Å². The van der Waals surface area contributed by atoms with Crippen molar-refractivity contribution in [2.24, 2.45) is 5.92 Å². The maximum absolute atomic E-state index is 13.4. The Labute approximate surface area is 210 Å². The molecule has 0 radical (unpaired) electrons. The van der Waals surface area contributed by atoms with Crippen molar-refractivity contribution in [2.75, 3.05) is 55.8 Å². The number of amides is 1. The number of hydrogen-bond acceptors (Lipinski definition) is 8. The van der Waals surface area contributed by atoms with E-state index in [4.69, 9.17) is 0 Å². The fraction of sp³-hybridized carbons (Fsp3) is 0.565. The first-order valence-electron chi connectivity index (χ1n) is 11.8. The lowest BCUT2D eigenvalue weighted by Crippen LogP contribution is -2.45. The normalized spacial score (nSPS) is 20.6. The molecule has 12 heteroatoms. The molecule has 2 aliphatic rings. The van der Waals surface area contributed by atoms with Crippen molar-refractivity contribution < 1.29 is 13.6 Å². The molecule has 4 rings (SSSR count). The number of nitrogens with one attached hydrogen (secondary N) is 3. The number of likely N-dealkylation sites (N-methyl/N-ethyl adjacent to an activating group) is 1. The number of carbonyl (C=O) groups excluding carboxylic acids is 1. The number of aromatic nitrogens is 3. The van der Waals surface area contributed by atoms with Gasteiger partial charge in [0, 0.05) is 51.7 Å². The molecule has 2 heterocycles. The molecule has 0 bridgehead atoms. The highest BCUT2D eigenvalue weighted by Crippen LogP contribution is 2.27. The lowest BCUT2D eigenvalue weighted by atomic mass is 9.85. The summed E-state index contributed by atoms with van der Waals surface area (Å²) in [7, 11) is 3.88. The highest BCUT2D eigenvalue weighted by Gasteiger charge is 2.28. The summed E-state index contributed by atoms with van der Waals surface area (Å²) in [6.45, 7) is 3.78. The summed E-state index contributed by atoms with van der Waals surface area (Å²) in [5.41, 5.74) is 0.527. The molecule has 35 heavy (non-hydrogen) atoms. The second-order valence-electron chi connectivity index (χ2n) is 8.99. The number of piperazine rings is 1. The van der Waals surface area contributed by atoms with Crippen molar-refractivity contribution >= 4 is 36.2 Å². The number of rotatable bonds is 7. The Bertz CT molecular complexity index is 1010. The van der Waals surface area contributed by atoms with E-state index in [-0.39, 0.29) is 36.8 Å². The van der Waals surface area contributed by atoms with Crippen molar-refractivity contribution in [1.29, 1.82) is 0 Å². The third-order valence-corrected chi connectivity index (χ3v) is 6.46. The lowest BCUT2D eigenvalue weighted by molar-refractivity contribution is -0.126. The first-order chi connectivity index (χ1) is 16.4. The smallest absolute Gasteiger partial charge is 0.232 e. The summed E-state index contributed by atoms with van der Waals surface area (Å²) in [6.07, 6.45) is 3.24. The Kier molecular flexibility index (Phi) is 9.39. The van der Waals surface area contributed by atoms with Crippen molar-refractivity contribution in [3.63, 3.8) is 0 Å². The van der Waals surface area contributed by atoms with E-state index in [1.165, 1.54) is 6.07 Å². The van der Waals surface area contributed by atoms with Crippen LogP contribution >= 0.6 is 12.4 Å². The van der Waals surface area contributed by atoms with Crippen LogP contribution in [0.5, 0.6) is 0 Å². The molecule has 2 fully saturated rings. The van der Waals surface area contributed by atoms with Crippen LogP contribution in [0.15, 0.2) is 18.2 Å². The maximum Gasteiger partial charge on any atom is 0.232 e. The summed E-state index contributed by atoms with van der Waals surface area (Å²) in [4.78, 5) is 30.8. The molecule has 192 valence electrons. The molecule has 2 unspecified atom stereocenters. The summed E-state index contributed by atoms with van der Waals surface area (Å²) in [5, 5.41) is 9.27. The molecule has 1 aliphatic heterocycles. The van der Waals surface area contributed by atoms with Gasteiger partial charge in [-0.1, -0.05) is 12.5 Å². The Balaban J connectivity index is 0.00000342. The minimum absolute atomic E-state index is 0. The summed E-state index contributed by atoms with van der Waals surface area (Å²) >= 11 is 0. The Morgan fingerprint density at radius 2 is 1.80 bits per heavy atom. The highest BCUT2D eigenvalue weighted by atomic mass is 35.5. The van der Waals surface area contributed by atoms with E-state index in [0.29, 0.717) is 29.8 Å². The zero-order chi connectivity index (χ0) is 24.1. The Hall–Kier alpha value is -2.79. The van der Waals surface area contributed by atoms with Crippen molar-refractivity contribution in [3.8, 4) is 0 Å². The second-order valence-corrected chi connectivity index (χ2v) is 8.99. The van der Waals surface area contributed by atoms with Crippen LogP contribution < -0.4 is 20.9 Å². The number of nitrogens with zero attached hydrogens (tertiary/aromatic N) is 5. The van der Waals surface area contributed by atoms with Crippen LogP contribution in [-0.4, -0.2) is 72.1 Å². The molecule has 1 aromatic carbocycles. The highest BCUT2D eigenvalue weighted by molar-refractivity contribution is 5.85. The van der Waals surface area contributed by atoms with E-state index in [2.05, 4.69) is 47.7 Å². The van der Waals surface area contributed by atoms with Crippen LogP contribution in [0, 0.1) is 17.6 Å². The summed E-state index contributed by atoms with van der Waals surface area (Å²) < 4.78 is 26.5. The lowest BCUT2D eigenvalue weighted by Gasteiger charge is -2.33. The van der Waals surface area contributed by atoms with Gasteiger partial charge in [0.05, 0.1) is 0 Å². The van der Waals surface area contributed by atoms with Crippen LogP contribution in [0.3, 0.4) is 0 Å². The summed E-state index contributed by atoms with van der Waals surface area (Å²) in [6, 6.07) is 3.71. The average molecular weight is 511 g/mol. The van der Waals surface area contributed by atoms with Crippen molar-refractivity contribution in [3.05, 3.63) is 35.4 Å². The fourth-order valence-electron chi connectivity index (χ4n) is 4.41. The minimum Gasteiger partial charge on any atom is -0.357 e. The number of carbonyl (C=O) groups is 1. The van der Waals surface area contributed by atoms with Crippen LogP contribution in [0.25, 0.3) is 0 Å². The average Bonchev–Trinajstić information content (AvgIpc) is 2.85. The molecule has 1 aromatic heterocycles. The Morgan fingerprint density at radius 3 is 2.51 bits per heavy atom. The van der Waals surface area contributed by atoms with E-state index in [0.717, 1.165) is 57.6 Å². The third-order valence-electron chi connectivity index (χ3n) is 6.46. The van der Waals surface area contributed by atoms with Gasteiger partial charge >= 0.3 is 0 Å². The van der Waals surface area contributed by atoms with Gasteiger partial charge < -0.3 is 25.8 Å². The van der Waals surface area contributed by atoms with Gasteiger partial charge in [-0.3, -0.25) is 4.79 Å². The molecule has 1 amide bonds. The van der Waals surface area contributed by atoms with E-state index in [1.807, 2.05) is 0 Å². The molecule has 3 N–H and O–H groups in total. The van der Waals surface area contributed by atoms with Crippen LogP contribution in [0.4, 0.5) is 26.6 Å². The molecule has 2 atom stereocenters. The van der Waals surface area contributed by atoms with E-state index >= 15 is 0 Å². The molecule has 9 nitrogen and oxygen atoms in total. The Morgan fingerprint density at radius 1 is 1.06 bits per heavy atom. The van der Waals surface area contributed by atoms with Gasteiger partial charge in [-0.2, -0.15) is 15.0 Å². The van der Waals surface area contributed by atoms with Crippen molar-refractivity contribution in [1.82, 2.24) is 25.2 Å². The first kappa shape index (κ1) is 26.8. The predicted molar refractivity (Wildman–Crippen MR) is 134 cm³/mol. The zero-order valence-corrected chi connectivity index (χ0v) is 20.9. The first-order valence-corrected chi connectivity index (χ1v) is 11.8. The third kappa shape index (κ3) is 7.11. The fourth-order valence-corrected chi connectivity index (χ4v) is 4.41. The number of anilines is 3. The monoisotopic (exact) mass is 510 g/mol. The largest absolute Gasteiger partial charge is 0.357 e. The summed E-state index contributed by atoms with van der Waals surface area (Å²) in [5.74, 6) is -0.411. The number of halogens is 3. The molecule has 0 spiro atoms. The standard InChI is InChI=1S/C23H32F2N8O.ClH/c1-26-21-29-22(31-23(30-21)33-10-8-32(2)9-11-33)28-17-5-3-4-16(13-17)20(34)27-14-15-6-7-18(24)19(25)12-15;/h6-7,12,16-17H,3-5,8-11,13-14H2,1-2H3,(H,27,34)(H2,26,28,29,30,31);1H. The maximum atomic E-state index is 13.4. The predicted octanol–water partition coefficient (Wildman–Crippen LogP) is 2.65. The second kappa shape index (κ2) is 12.3. The van der Waals surface area contributed by atoms with Gasteiger partial charge in [-0.25, -0.2) is 8.78 Å². The molecule has 1 saturated heterocycles. The van der Waals surface area contributed by atoms with Crippen LogP contribution in [0.2, 0.25) is 0 Å². The van der Waals surface area contributed by atoms with E-state index in [9.17, 15) is 13.6 Å². The molecule has 1 aliphatic carbocycles. The van der Waals surface area contributed by atoms with E-state index in [1.54, 1.807) is 7.05 Å². The zero-order valence-electron chi connectivity index (χ0n) is 20.1. The van der Waals surface area contributed by atoms with Gasteiger partial charge in [0.15, 0.2) is 11.6 Å². The molecular formula is C23H33ClF2N8O. The van der Waals surface area contributed by atoms with Crippen molar-refractivity contribution in [2.45, 2.75) is 38.3 Å². The van der Waals surface area contributed by atoms with Gasteiger partial charge in [0.2, 0.25) is 23.8 Å². The molecular weight excluding hydrogens is 478 g/mol.